The van der Waals surface area contributed by atoms with E-state index in [1.807, 2.05) is 6.08 Å². The van der Waals surface area contributed by atoms with Gasteiger partial charge in [0.1, 0.15) is 5.78 Å². The van der Waals surface area contributed by atoms with Gasteiger partial charge in [0.2, 0.25) is 0 Å². The Morgan fingerprint density at radius 1 is 1.46 bits per heavy atom. The monoisotopic (exact) mass is 178 g/mol. The number of Topliss-reactive ketones (excluding diaryl/α,β-unsaturated/α-hetero) is 1. The summed E-state index contributed by atoms with van der Waals surface area (Å²) in [6.07, 6.45) is 3.80. The van der Waals surface area contributed by atoms with Crippen LogP contribution in [0.25, 0.3) is 0 Å². The van der Waals surface area contributed by atoms with Gasteiger partial charge in [0, 0.05) is 12.3 Å². The van der Waals surface area contributed by atoms with Crippen LogP contribution < -0.4 is 0 Å². The lowest BCUT2D eigenvalue weighted by atomic mass is 9.41. The molecule has 3 aliphatic rings. The first kappa shape index (κ1) is 8.98. The van der Waals surface area contributed by atoms with Crippen LogP contribution in [0.5, 0.6) is 0 Å². The Morgan fingerprint density at radius 3 is 2.46 bits per heavy atom. The second-order valence-corrected chi connectivity index (χ2v) is 5.52. The van der Waals surface area contributed by atoms with Crippen LogP contribution in [0.3, 0.4) is 0 Å². The highest BCUT2D eigenvalue weighted by molar-refractivity contribution is 5.85. The minimum atomic E-state index is 0.0648. The maximum atomic E-state index is 11.8. The van der Waals surface area contributed by atoms with Crippen LogP contribution in [0.15, 0.2) is 12.7 Å². The van der Waals surface area contributed by atoms with Crippen LogP contribution >= 0.6 is 0 Å². The highest BCUT2D eigenvalue weighted by Crippen LogP contribution is 2.64. The zero-order valence-corrected chi connectivity index (χ0v) is 8.76. The van der Waals surface area contributed by atoms with Crippen LogP contribution in [0, 0.1) is 22.7 Å². The Balaban J connectivity index is 2.37. The Bertz CT molecular complexity index is 277. The van der Waals surface area contributed by atoms with E-state index in [1.54, 1.807) is 0 Å². The molecule has 3 fully saturated rings. The Morgan fingerprint density at radius 2 is 2.08 bits per heavy atom. The summed E-state index contributed by atoms with van der Waals surface area (Å²) in [5, 5.41) is 0. The van der Waals surface area contributed by atoms with Gasteiger partial charge in [-0.15, -0.1) is 6.58 Å². The molecule has 0 aromatic carbocycles. The SMILES string of the molecule is C=C[C@]1(C)CC(=O)[C@@H]2C[C@@H]1C2(C)C. The number of ketones is 1. The van der Waals surface area contributed by atoms with Gasteiger partial charge in [0.25, 0.3) is 0 Å². The number of carbonyl (C=O) groups is 1. The fourth-order valence-corrected chi connectivity index (χ4v) is 3.43. The third kappa shape index (κ3) is 0.905. The number of fused-ring (bicyclic) bond motifs is 2. The molecule has 0 heterocycles. The van der Waals surface area contributed by atoms with E-state index in [9.17, 15) is 4.79 Å². The van der Waals surface area contributed by atoms with Crippen LogP contribution in [-0.2, 0) is 4.79 Å². The van der Waals surface area contributed by atoms with E-state index in [4.69, 9.17) is 0 Å². The normalized spacial score (nSPS) is 46.8. The fraction of sp³-hybridized carbons (Fsp3) is 0.750. The maximum Gasteiger partial charge on any atom is 0.137 e. The van der Waals surface area contributed by atoms with Crippen LogP contribution in [0.4, 0.5) is 0 Å². The second kappa shape index (κ2) is 2.26. The lowest BCUT2D eigenvalue weighted by molar-refractivity contribution is -0.165. The van der Waals surface area contributed by atoms with E-state index in [1.165, 1.54) is 0 Å². The molecule has 3 atom stereocenters. The standard InChI is InChI=1S/C12H18O/c1-5-12(4)7-9(13)8-6-10(12)11(8,2)3/h5,8,10H,1,6-7H2,2-4H3/t8-,10+,12+/m0/s1. The molecule has 2 bridgehead atoms. The Kier molecular flexibility index (Phi) is 1.56. The first-order valence-electron chi connectivity index (χ1n) is 5.08. The number of carbonyl (C=O) groups excluding carboxylic acids is 1. The zero-order chi connectivity index (χ0) is 9.85. The number of rotatable bonds is 1. The van der Waals surface area contributed by atoms with Crippen LogP contribution in [0.1, 0.15) is 33.6 Å². The van der Waals surface area contributed by atoms with Crippen molar-refractivity contribution in [1.29, 1.82) is 0 Å². The quantitative estimate of drug-likeness (QED) is 0.564. The van der Waals surface area contributed by atoms with E-state index < -0.39 is 0 Å². The number of hydrogen-bond acceptors (Lipinski definition) is 1. The van der Waals surface area contributed by atoms with Gasteiger partial charge < -0.3 is 0 Å². The fourth-order valence-electron chi connectivity index (χ4n) is 3.43. The van der Waals surface area contributed by atoms with Crippen molar-refractivity contribution >= 4 is 5.78 Å². The average Bonchev–Trinajstić information content (AvgIpc) is 2.02. The molecule has 0 radical (unpaired) electrons. The number of hydrogen-bond donors (Lipinski definition) is 0. The van der Waals surface area contributed by atoms with Crippen LogP contribution in [0.2, 0.25) is 0 Å². The van der Waals surface area contributed by atoms with Gasteiger partial charge in [-0.1, -0.05) is 26.8 Å². The molecular weight excluding hydrogens is 160 g/mol. The molecule has 72 valence electrons. The molecule has 0 spiro atoms. The van der Waals surface area contributed by atoms with Gasteiger partial charge in [0.05, 0.1) is 0 Å². The van der Waals surface area contributed by atoms with Crippen molar-refractivity contribution in [3.05, 3.63) is 12.7 Å². The molecule has 0 aromatic rings. The van der Waals surface area contributed by atoms with Crippen LogP contribution in [-0.4, -0.2) is 5.78 Å². The predicted molar refractivity (Wildman–Crippen MR) is 53.3 cm³/mol. The molecule has 0 unspecified atom stereocenters. The third-order valence-electron chi connectivity index (χ3n) is 4.47. The van der Waals surface area contributed by atoms with Gasteiger partial charge >= 0.3 is 0 Å². The molecule has 0 N–H and O–H groups in total. The van der Waals surface area contributed by atoms with Gasteiger partial charge in [-0.25, -0.2) is 0 Å². The largest absolute Gasteiger partial charge is 0.299 e. The summed E-state index contributed by atoms with van der Waals surface area (Å²) in [5.41, 5.74) is 0.285. The summed E-state index contributed by atoms with van der Waals surface area (Å²) >= 11 is 0. The highest BCUT2D eigenvalue weighted by atomic mass is 16.1. The van der Waals surface area contributed by atoms with E-state index in [0.29, 0.717) is 17.6 Å². The predicted octanol–water partition coefficient (Wildman–Crippen LogP) is 2.81. The topological polar surface area (TPSA) is 17.1 Å². The first-order chi connectivity index (χ1) is 5.92. The maximum absolute atomic E-state index is 11.8. The van der Waals surface area contributed by atoms with Crippen molar-refractivity contribution in [1.82, 2.24) is 0 Å². The molecule has 0 aromatic heterocycles. The van der Waals surface area contributed by atoms with Crippen molar-refractivity contribution in [2.45, 2.75) is 33.6 Å². The molecule has 3 saturated carbocycles. The van der Waals surface area contributed by atoms with Gasteiger partial charge in [-0.05, 0) is 23.2 Å². The third-order valence-corrected chi connectivity index (χ3v) is 4.47. The average molecular weight is 178 g/mol. The van der Waals surface area contributed by atoms with Crippen molar-refractivity contribution < 1.29 is 4.79 Å². The van der Waals surface area contributed by atoms with Crippen molar-refractivity contribution in [2.24, 2.45) is 22.7 Å². The molecule has 0 aliphatic heterocycles. The molecule has 13 heavy (non-hydrogen) atoms. The molecule has 3 aliphatic carbocycles. The summed E-state index contributed by atoms with van der Waals surface area (Å²) in [5.74, 6) is 1.46. The minimum Gasteiger partial charge on any atom is -0.299 e. The highest BCUT2D eigenvalue weighted by Gasteiger charge is 2.61. The summed E-state index contributed by atoms with van der Waals surface area (Å²) in [4.78, 5) is 11.8. The molecule has 1 heteroatoms. The van der Waals surface area contributed by atoms with Crippen molar-refractivity contribution in [3.63, 3.8) is 0 Å². The van der Waals surface area contributed by atoms with Gasteiger partial charge in [-0.3, -0.25) is 4.79 Å². The zero-order valence-electron chi connectivity index (χ0n) is 8.76. The van der Waals surface area contributed by atoms with E-state index in [-0.39, 0.29) is 10.8 Å². The smallest absolute Gasteiger partial charge is 0.137 e. The van der Waals surface area contributed by atoms with Crippen molar-refractivity contribution in [3.8, 4) is 0 Å². The van der Waals surface area contributed by atoms with E-state index >= 15 is 0 Å². The summed E-state index contributed by atoms with van der Waals surface area (Å²) < 4.78 is 0. The Hall–Kier alpha value is -0.590. The summed E-state index contributed by atoms with van der Waals surface area (Å²) in [6, 6.07) is 0. The summed E-state index contributed by atoms with van der Waals surface area (Å²) in [7, 11) is 0. The Labute approximate surface area is 80.2 Å². The van der Waals surface area contributed by atoms with Crippen molar-refractivity contribution in [2.75, 3.05) is 0 Å². The van der Waals surface area contributed by atoms with E-state index in [0.717, 1.165) is 12.8 Å². The van der Waals surface area contributed by atoms with E-state index in [2.05, 4.69) is 27.4 Å². The lowest BCUT2D eigenvalue weighted by Crippen LogP contribution is -2.60. The lowest BCUT2D eigenvalue weighted by Gasteiger charge is -2.62. The second-order valence-electron chi connectivity index (χ2n) is 5.52. The minimum absolute atomic E-state index is 0.0648. The molecular formula is C12H18O. The molecule has 0 amide bonds. The molecule has 3 rings (SSSR count). The van der Waals surface area contributed by atoms with Gasteiger partial charge in [-0.2, -0.15) is 0 Å². The van der Waals surface area contributed by atoms with Gasteiger partial charge in [0.15, 0.2) is 0 Å². The first-order valence-corrected chi connectivity index (χ1v) is 5.08. The number of allylic oxidation sites excluding steroid dienone is 1. The molecule has 1 nitrogen and oxygen atoms in total. The molecule has 0 saturated heterocycles. The summed E-state index contributed by atoms with van der Waals surface area (Å²) in [6.45, 7) is 10.5.